The van der Waals surface area contributed by atoms with Gasteiger partial charge in [0, 0.05) is 0 Å². The average molecular weight is 576 g/mol. The maximum atomic E-state index is 14.1. The number of anilines is 1. The minimum Gasteiger partial charge on any atom is -0.463 e. The first kappa shape index (κ1) is 30.6. The van der Waals surface area contributed by atoms with Gasteiger partial charge in [-0.15, -0.1) is 0 Å². The Balaban J connectivity index is 1.91. The molecule has 1 aliphatic rings. The second-order valence-corrected chi connectivity index (χ2v) is 11.6. The number of para-hydroxylation sites is 1. The normalized spacial score (nSPS) is 26.1. The highest BCUT2D eigenvalue weighted by Crippen LogP contribution is 2.53. The van der Waals surface area contributed by atoms with E-state index in [2.05, 4.69) is 4.98 Å². The molecule has 0 spiro atoms. The zero-order valence-electron chi connectivity index (χ0n) is 21.8. The molecule has 1 aromatic carbocycles. The third kappa shape index (κ3) is 6.82. The lowest BCUT2D eigenvalue weighted by Crippen LogP contribution is -2.51. The van der Waals surface area contributed by atoms with Crippen molar-refractivity contribution in [2.24, 2.45) is 5.92 Å². The van der Waals surface area contributed by atoms with Gasteiger partial charge in [-0.25, -0.2) is 18.1 Å². The molecular formula is C24H32F2N3O9P. The van der Waals surface area contributed by atoms with Crippen molar-refractivity contribution in [1.82, 2.24) is 9.55 Å². The van der Waals surface area contributed by atoms with Gasteiger partial charge >= 0.3 is 19.3 Å². The molecule has 1 unspecified atom stereocenters. The number of nitrogens with zero attached hydrogens (tertiary/aromatic N) is 2. The van der Waals surface area contributed by atoms with Crippen LogP contribution in [-0.2, 0) is 23.4 Å². The number of alkyl halides is 1. The Hall–Kier alpha value is -2.90. The van der Waals surface area contributed by atoms with E-state index in [0.29, 0.717) is 10.8 Å². The molecule has 7 atom stereocenters. The predicted molar refractivity (Wildman–Crippen MR) is 134 cm³/mol. The number of nitrogens with two attached hydrogens (primary N) is 1. The fourth-order valence-electron chi connectivity index (χ4n) is 4.03. The van der Waals surface area contributed by atoms with E-state index in [1.165, 1.54) is 26.0 Å². The van der Waals surface area contributed by atoms with Crippen molar-refractivity contribution in [3.63, 3.8) is 0 Å². The summed E-state index contributed by atoms with van der Waals surface area (Å²) in [5, 5.41) is 21.7. The van der Waals surface area contributed by atoms with Crippen LogP contribution in [0.4, 0.5) is 14.6 Å². The smallest absolute Gasteiger partial charge is 0.380 e. The van der Waals surface area contributed by atoms with Gasteiger partial charge in [0.25, 0.3) is 0 Å². The zero-order chi connectivity index (χ0) is 29.1. The zero-order valence-corrected chi connectivity index (χ0v) is 22.7. The van der Waals surface area contributed by atoms with Gasteiger partial charge in [0.05, 0.1) is 30.5 Å². The van der Waals surface area contributed by atoms with Crippen LogP contribution >= 0.6 is 7.60 Å². The molecule has 4 N–H and O–H groups in total. The van der Waals surface area contributed by atoms with Gasteiger partial charge in [-0.05, 0) is 32.9 Å². The van der Waals surface area contributed by atoms with E-state index >= 15 is 0 Å². The molecule has 2 heterocycles. The van der Waals surface area contributed by atoms with Crippen LogP contribution in [0.2, 0.25) is 0 Å². The Kier molecular flexibility index (Phi) is 9.50. The number of nitrogen functional groups attached to an aromatic ring is 1. The minimum absolute atomic E-state index is 0.151. The van der Waals surface area contributed by atoms with Gasteiger partial charge in [-0.1, -0.05) is 25.1 Å². The van der Waals surface area contributed by atoms with Gasteiger partial charge < -0.3 is 29.9 Å². The second-order valence-electron chi connectivity index (χ2n) is 9.58. The average Bonchev–Trinajstić information content (AvgIpc) is 3.12. The predicted octanol–water partition coefficient (Wildman–Crippen LogP) is 2.19. The van der Waals surface area contributed by atoms with Gasteiger partial charge in [-0.3, -0.25) is 13.9 Å². The van der Waals surface area contributed by atoms with E-state index < -0.39 is 85.9 Å². The molecule has 39 heavy (non-hydrogen) atoms. The molecule has 12 nitrogen and oxygen atoms in total. The Morgan fingerprint density at radius 2 is 1.92 bits per heavy atom. The second kappa shape index (κ2) is 12.1. The molecule has 0 bridgehead atoms. The highest BCUT2D eigenvalue weighted by Gasteiger charge is 2.59. The van der Waals surface area contributed by atoms with E-state index in [9.17, 15) is 33.1 Å². The Morgan fingerprint density at radius 3 is 2.51 bits per heavy atom. The van der Waals surface area contributed by atoms with Crippen molar-refractivity contribution in [2.45, 2.75) is 63.9 Å². The van der Waals surface area contributed by atoms with Gasteiger partial charge in [0.2, 0.25) is 0 Å². The number of benzene rings is 1. The van der Waals surface area contributed by atoms with Crippen LogP contribution in [-0.4, -0.2) is 68.6 Å². The SMILES string of the molecule is CC(C)OC(=O)[C@H](C)C[P@@](=O)(Oc1ccccc1)O[C@H](C)[C@H]1O[C@@H](n2cc(F)c(N)nc2=O)C(O)(CF)[C@H]1O. The van der Waals surface area contributed by atoms with Crippen molar-refractivity contribution in [3.8, 4) is 5.75 Å². The number of halogens is 2. The summed E-state index contributed by atoms with van der Waals surface area (Å²) in [5.41, 5.74) is 1.37. The summed E-state index contributed by atoms with van der Waals surface area (Å²) in [6.07, 6.45) is -7.25. The Morgan fingerprint density at radius 1 is 1.28 bits per heavy atom. The fraction of sp³-hybridized carbons (Fsp3) is 0.542. The van der Waals surface area contributed by atoms with Crippen LogP contribution < -0.4 is 15.9 Å². The van der Waals surface area contributed by atoms with Crippen molar-refractivity contribution in [3.05, 3.63) is 52.8 Å². The molecule has 3 rings (SSSR count). The van der Waals surface area contributed by atoms with Gasteiger partial charge in [0.15, 0.2) is 23.5 Å². The van der Waals surface area contributed by atoms with E-state index in [1.807, 2.05) is 0 Å². The third-order valence-corrected chi connectivity index (χ3v) is 8.10. The van der Waals surface area contributed by atoms with Crippen LogP contribution in [0.3, 0.4) is 0 Å². The molecule has 0 amide bonds. The van der Waals surface area contributed by atoms with Crippen LogP contribution in [0.1, 0.15) is 33.9 Å². The molecular weight excluding hydrogens is 543 g/mol. The molecule has 1 fully saturated rings. The van der Waals surface area contributed by atoms with E-state index in [0.717, 1.165) is 0 Å². The first-order valence-corrected chi connectivity index (χ1v) is 13.8. The monoisotopic (exact) mass is 575 g/mol. The van der Waals surface area contributed by atoms with Crippen molar-refractivity contribution in [1.29, 1.82) is 0 Å². The molecule has 216 valence electrons. The highest BCUT2D eigenvalue weighted by atomic mass is 31.2. The summed E-state index contributed by atoms with van der Waals surface area (Å²) in [7, 11) is -4.22. The molecule has 0 radical (unpaired) electrons. The van der Waals surface area contributed by atoms with E-state index in [4.69, 9.17) is 24.3 Å². The highest BCUT2D eigenvalue weighted by molar-refractivity contribution is 7.54. The summed E-state index contributed by atoms with van der Waals surface area (Å²) in [5.74, 6) is -3.32. The lowest BCUT2D eigenvalue weighted by atomic mass is 9.93. The van der Waals surface area contributed by atoms with Crippen LogP contribution in [0.5, 0.6) is 5.75 Å². The van der Waals surface area contributed by atoms with Crippen molar-refractivity contribution >= 4 is 19.4 Å². The summed E-state index contributed by atoms with van der Waals surface area (Å²) < 4.78 is 64.7. The van der Waals surface area contributed by atoms with Crippen molar-refractivity contribution in [2.75, 3.05) is 18.6 Å². The number of aliphatic hydroxyl groups is 2. The Bertz CT molecular complexity index is 1270. The van der Waals surface area contributed by atoms with E-state index in [-0.39, 0.29) is 5.75 Å². The largest absolute Gasteiger partial charge is 0.463 e. The van der Waals surface area contributed by atoms with Crippen LogP contribution in [0, 0.1) is 11.7 Å². The quantitative estimate of drug-likeness (QED) is 0.265. The van der Waals surface area contributed by atoms with Crippen LogP contribution in [0.15, 0.2) is 41.3 Å². The topological polar surface area (TPSA) is 172 Å². The first-order valence-electron chi connectivity index (χ1n) is 12.1. The van der Waals surface area contributed by atoms with E-state index in [1.54, 1.807) is 32.0 Å². The lowest BCUT2D eigenvalue weighted by Gasteiger charge is -2.30. The minimum atomic E-state index is -4.22. The molecule has 1 saturated heterocycles. The number of aliphatic hydroxyl groups excluding tert-OH is 1. The summed E-state index contributed by atoms with van der Waals surface area (Å²) in [4.78, 5) is 28.0. The maximum Gasteiger partial charge on any atom is 0.380 e. The number of esters is 1. The molecule has 1 aliphatic heterocycles. The standard InChI is InChI=1S/C24H32F2N3O9P/c1-13(2)35-21(31)14(3)11-39(34,38-16-8-6-5-7-9-16)37-15(4)18-19(30)24(33,12-25)22(36-18)29-10-17(26)20(27)28-23(29)32/h5-10,13-15,18-19,22,30,33H,11-12H2,1-4H3,(H2,27,28,32)/t14-,15-,18-,19+,22-,24?,39+/m1/s1. The van der Waals surface area contributed by atoms with Crippen molar-refractivity contribution < 1.29 is 46.9 Å². The molecule has 0 aliphatic carbocycles. The van der Waals surface area contributed by atoms with Gasteiger partial charge in [-0.2, -0.15) is 4.98 Å². The third-order valence-electron chi connectivity index (χ3n) is 5.97. The molecule has 15 heteroatoms. The number of ether oxygens (including phenoxy) is 2. The Labute approximate surface area is 223 Å². The summed E-state index contributed by atoms with van der Waals surface area (Å²) in [6, 6.07) is 7.94. The lowest BCUT2D eigenvalue weighted by molar-refractivity contribution is -0.151. The maximum absolute atomic E-state index is 14.1. The summed E-state index contributed by atoms with van der Waals surface area (Å²) in [6.45, 7) is 4.46. The number of rotatable bonds is 11. The fourth-order valence-corrected chi connectivity index (χ4v) is 6.12. The number of hydrogen-bond donors (Lipinski definition) is 3. The number of hydrogen-bond acceptors (Lipinski definition) is 11. The number of carbonyl (C=O) groups is 1. The molecule has 2 aromatic rings. The number of carbonyl (C=O) groups excluding carboxylic acids is 1. The molecule has 0 saturated carbocycles. The van der Waals surface area contributed by atoms with Crippen LogP contribution in [0.25, 0.3) is 0 Å². The molecule has 1 aromatic heterocycles. The number of aromatic nitrogens is 2. The first-order chi connectivity index (χ1) is 18.2. The van der Waals surface area contributed by atoms with Gasteiger partial charge in [0.1, 0.15) is 24.6 Å². The summed E-state index contributed by atoms with van der Waals surface area (Å²) >= 11 is 0.